The van der Waals surface area contributed by atoms with E-state index in [4.69, 9.17) is 0 Å². The molecule has 5 rings (SSSR count). The van der Waals surface area contributed by atoms with Gasteiger partial charge >= 0.3 is 0 Å². The van der Waals surface area contributed by atoms with Crippen molar-refractivity contribution in [2.75, 3.05) is 36.0 Å². The SMILES string of the molecule is Cc1cccc(N2CCN(C(=O)CN3C(=O)c4ccccc4Sc4ncccc43)C[C@H]2C)c1. The summed E-state index contributed by atoms with van der Waals surface area (Å²) >= 11 is 1.47. The second-order valence-corrected chi connectivity index (χ2v) is 9.57. The van der Waals surface area contributed by atoms with Gasteiger partial charge in [0.2, 0.25) is 5.91 Å². The summed E-state index contributed by atoms with van der Waals surface area (Å²) in [5.41, 5.74) is 3.70. The normalized spacial score (nSPS) is 17.9. The van der Waals surface area contributed by atoms with Gasteiger partial charge in [0.15, 0.2) is 0 Å². The molecule has 168 valence electrons. The molecule has 0 unspecified atom stereocenters. The van der Waals surface area contributed by atoms with Crippen LogP contribution in [0.25, 0.3) is 0 Å². The first kappa shape index (κ1) is 21.5. The molecule has 7 heteroatoms. The number of benzene rings is 2. The van der Waals surface area contributed by atoms with Gasteiger partial charge in [0.25, 0.3) is 5.91 Å². The maximum Gasteiger partial charge on any atom is 0.259 e. The quantitative estimate of drug-likeness (QED) is 0.588. The lowest BCUT2D eigenvalue weighted by molar-refractivity contribution is -0.130. The Bertz CT molecular complexity index is 1210. The standard InChI is InChI=1S/C26H26N4O2S/c1-18-7-5-8-20(15-18)29-14-13-28(16-19(29)2)24(31)17-30-22-10-6-12-27-25(22)33-23-11-4-3-9-21(23)26(30)32/h3-12,15,19H,13-14,16-17H2,1-2H3/t19-/m1/s1. The van der Waals surface area contributed by atoms with Crippen LogP contribution in [-0.4, -0.2) is 53.9 Å². The molecule has 0 saturated carbocycles. The van der Waals surface area contributed by atoms with Crippen molar-refractivity contribution in [3.05, 3.63) is 78.0 Å². The Kier molecular flexibility index (Phi) is 5.81. The molecular formula is C26H26N4O2S. The first-order valence-electron chi connectivity index (χ1n) is 11.2. The topological polar surface area (TPSA) is 56.8 Å². The van der Waals surface area contributed by atoms with Crippen molar-refractivity contribution in [1.82, 2.24) is 9.88 Å². The minimum Gasteiger partial charge on any atom is -0.365 e. The highest BCUT2D eigenvalue weighted by atomic mass is 32.2. The van der Waals surface area contributed by atoms with E-state index in [9.17, 15) is 9.59 Å². The molecule has 1 fully saturated rings. The number of pyridine rings is 1. The van der Waals surface area contributed by atoms with Crippen LogP contribution in [-0.2, 0) is 4.79 Å². The average molecular weight is 459 g/mol. The molecule has 1 saturated heterocycles. The second-order valence-electron chi connectivity index (χ2n) is 8.54. The van der Waals surface area contributed by atoms with E-state index in [1.165, 1.54) is 23.0 Å². The summed E-state index contributed by atoms with van der Waals surface area (Å²) in [5.74, 6) is -0.206. The second kappa shape index (κ2) is 8.90. The van der Waals surface area contributed by atoms with Crippen molar-refractivity contribution in [3.8, 4) is 0 Å². The largest absolute Gasteiger partial charge is 0.365 e. The van der Waals surface area contributed by atoms with E-state index in [2.05, 4.69) is 48.0 Å². The van der Waals surface area contributed by atoms with Crippen molar-refractivity contribution >= 4 is 35.0 Å². The summed E-state index contributed by atoms with van der Waals surface area (Å²) < 4.78 is 0. The molecule has 0 bridgehead atoms. The number of carbonyl (C=O) groups is 2. The van der Waals surface area contributed by atoms with Crippen molar-refractivity contribution in [2.24, 2.45) is 0 Å². The van der Waals surface area contributed by atoms with Crippen LogP contribution in [0.1, 0.15) is 22.8 Å². The van der Waals surface area contributed by atoms with E-state index in [0.29, 0.717) is 24.3 Å². The fourth-order valence-corrected chi connectivity index (χ4v) is 5.54. The smallest absolute Gasteiger partial charge is 0.259 e. The van der Waals surface area contributed by atoms with Gasteiger partial charge in [-0.3, -0.25) is 14.5 Å². The molecule has 2 aliphatic heterocycles. The third-order valence-electron chi connectivity index (χ3n) is 6.22. The minimum atomic E-state index is -0.162. The molecule has 0 aliphatic carbocycles. The molecule has 6 nitrogen and oxygen atoms in total. The van der Waals surface area contributed by atoms with Gasteiger partial charge in [-0.1, -0.05) is 36.0 Å². The fraction of sp³-hybridized carbons (Fsp3) is 0.269. The summed E-state index contributed by atoms with van der Waals surface area (Å²) in [5, 5.41) is 0.737. The van der Waals surface area contributed by atoms with E-state index in [-0.39, 0.29) is 24.4 Å². The molecule has 0 radical (unpaired) electrons. The van der Waals surface area contributed by atoms with E-state index in [1.807, 2.05) is 41.3 Å². The zero-order chi connectivity index (χ0) is 22.9. The molecule has 1 atom stereocenters. The average Bonchev–Trinajstić information content (AvgIpc) is 2.93. The molecule has 1 aromatic heterocycles. The number of anilines is 2. The minimum absolute atomic E-state index is 0.00356. The summed E-state index contributed by atoms with van der Waals surface area (Å²) in [6, 6.07) is 19.8. The predicted octanol–water partition coefficient (Wildman–Crippen LogP) is 4.24. The highest BCUT2D eigenvalue weighted by Crippen LogP contribution is 2.39. The Labute approximate surface area is 198 Å². The molecule has 0 spiro atoms. The van der Waals surface area contributed by atoms with E-state index in [1.54, 1.807) is 11.1 Å². The molecule has 2 aliphatic rings. The number of hydrogen-bond donors (Lipinski definition) is 0. The monoisotopic (exact) mass is 458 g/mol. The van der Waals surface area contributed by atoms with Crippen LogP contribution in [0.2, 0.25) is 0 Å². The van der Waals surface area contributed by atoms with Crippen molar-refractivity contribution in [2.45, 2.75) is 29.8 Å². The lowest BCUT2D eigenvalue weighted by Crippen LogP contribution is -2.56. The number of carbonyl (C=O) groups excluding carboxylic acids is 2. The number of aromatic nitrogens is 1. The number of aryl methyl sites for hydroxylation is 1. The number of fused-ring (bicyclic) bond motifs is 2. The van der Waals surface area contributed by atoms with Crippen LogP contribution in [0.3, 0.4) is 0 Å². The predicted molar refractivity (Wildman–Crippen MR) is 131 cm³/mol. The molecule has 33 heavy (non-hydrogen) atoms. The zero-order valence-electron chi connectivity index (χ0n) is 18.8. The van der Waals surface area contributed by atoms with Gasteiger partial charge in [-0.05, 0) is 55.8 Å². The highest BCUT2D eigenvalue weighted by Gasteiger charge is 2.32. The molecule has 2 aromatic carbocycles. The Balaban J connectivity index is 1.36. The molecule has 3 aromatic rings. The number of amides is 2. The van der Waals surface area contributed by atoms with Crippen LogP contribution in [0.15, 0.2) is 76.8 Å². The van der Waals surface area contributed by atoms with Gasteiger partial charge in [-0.15, -0.1) is 0 Å². The first-order chi connectivity index (χ1) is 16.0. The maximum atomic E-state index is 13.5. The molecule has 0 N–H and O–H groups in total. The molecular weight excluding hydrogens is 432 g/mol. The fourth-order valence-electron chi connectivity index (χ4n) is 4.52. The van der Waals surface area contributed by atoms with Crippen molar-refractivity contribution < 1.29 is 9.59 Å². The number of rotatable bonds is 3. The Morgan fingerprint density at radius 2 is 1.94 bits per heavy atom. The summed E-state index contributed by atoms with van der Waals surface area (Å²) in [6.07, 6.45) is 1.72. The van der Waals surface area contributed by atoms with Gasteiger partial charge in [0.05, 0.1) is 11.3 Å². The van der Waals surface area contributed by atoms with Crippen LogP contribution < -0.4 is 9.80 Å². The lowest BCUT2D eigenvalue weighted by atomic mass is 10.1. The van der Waals surface area contributed by atoms with Gasteiger partial charge in [-0.25, -0.2) is 4.98 Å². The molecule has 2 amide bonds. The van der Waals surface area contributed by atoms with Crippen molar-refractivity contribution in [3.63, 3.8) is 0 Å². The number of piperazine rings is 1. The van der Waals surface area contributed by atoms with Gasteiger partial charge in [-0.2, -0.15) is 0 Å². The number of nitrogens with zero attached hydrogens (tertiary/aromatic N) is 4. The Morgan fingerprint density at radius 3 is 2.76 bits per heavy atom. The summed E-state index contributed by atoms with van der Waals surface area (Å²) in [4.78, 5) is 38.0. The summed E-state index contributed by atoms with van der Waals surface area (Å²) in [7, 11) is 0. The zero-order valence-corrected chi connectivity index (χ0v) is 19.6. The van der Waals surface area contributed by atoms with E-state index >= 15 is 0 Å². The van der Waals surface area contributed by atoms with Gasteiger partial charge in [0, 0.05) is 42.5 Å². The Hall–Kier alpha value is -3.32. The van der Waals surface area contributed by atoms with E-state index < -0.39 is 0 Å². The van der Waals surface area contributed by atoms with Gasteiger partial charge in [0.1, 0.15) is 11.6 Å². The van der Waals surface area contributed by atoms with Gasteiger partial charge < -0.3 is 9.80 Å². The first-order valence-corrected chi connectivity index (χ1v) is 12.0. The summed E-state index contributed by atoms with van der Waals surface area (Å²) in [6.45, 7) is 6.26. The number of hydrogen-bond acceptors (Lipinski definition) is 5. The Morgan fingerprint density at radius 1 is 1.09 bits per heavy atom. The van der Waals surface area contributed by atoms with E-state index in [0.717, 1.165) is 16.5 Å². The maximum absolute atomic E-state index is 13.5. The van der Waals surface area contributed by atoms with Crippen LogP contribution in [0.5, 0.6) is 0 Å². The highest BCUT2D eigenvalue weighted by molar-refractivity contribution is 7.99. The third-order valence-corrected chi connectivity index (χ3v) is 7.30. The van der Waals surface area contributed by atoms with Crippen LogP contribution in [0, 0.1) is 6.92 Å². The lowest BCUT2D eigenvalue weighted by Gasteiger charge is -2.42. The molecule has 3 heterocycles. The third kappa shape index (κ3) is 4.20. The van der Waals surface area contributed by atoms with Crippen molar-refractivity contribution in [1.29, 1.82) is 0 Å². The van der Waals surface area contributed by atoms with Crippen LogP contribution in [0.4, 0.5) is 11.4 Å². The van der Waals surface area contributed by atoms with Crippen LogP contribution >= 0.6 is 11.8 Å².